The first kappa shape index (κ1) is 16.4. The Morgan fingerprint density at radius 2 is 1.62 bits per heavy atom. The van der Waals surface area contributed by atoms with Crippen LogP contribution in [0.3, 0.4) is 0 Å². The zero-order valence-electron chi connectivity index (χ0n) is 14.7. The SMILES string of the molecule is CCC1(C)CC(CCc2nc(C)nc(C)n2)CC(C)(C)C1. The Labute approximate surface area is 130 Å². The molecule has 2 atom stereocenters. The van der Waals surface area contributed by atoms with Crippen LogP contribution in [-0.2, 0) is 6.42 Å². The van der Waals surface area contributed by atoms with Crippen molar-refractivity contribution in [1.29, 1.82) is 0 Å². The molecule has 0 aliphatic heterocycles. The number of rotatable bonds is 4. The minimum Gasteiger partial charge on any atom is -0.219 e. The van der Waals surface area contributed by atoms with Crippen LogP contribution in [-0.4, -0.2) is 15.0 Å². The maximum absolute atomic E-state index is 4.49. The van der Waals surface area contributed by atoms with Crippen LogP contribution in [0, 0.1) is 30.6 Å². The van der Waals surface area contributed by atoms with Crippen LogP contribution >= 0.6 is 0 Å². The summed E-state index contributed by atoms with van der Waals surface area (Å²) < 4.78 is 0. The van der Waals surface area contributed by atoms with E-state index in [0.717, 1.165) is 29.8 Å². The monoisotopic (exact) mass is 289 g/mol. The van der Waals surface area contributed by atoms with Crippen molar-refractivity contribution < 1.29 is 0 Å². The summed E-state index contributed by atoms with van der Waals surface area (Å²) in [5, 5.41) is 0. The molecule has 3 heteroatoms. The highest BCUT2D eigenvalue weighted by molar-refractivity contribution is 4.96. The van der Waals surface area contributed by atoms with Gasteiger partial charge >= 0.3 is 0 Å². The zero-order valence-corrected chi connectivity index (χ0v) is 14.7. The standard InChI is InChI=1S/C18H31N3/c1-7-18(6)11-15(10-17(4,5)12-18)8-9-16-20-13(2)19-14(3)21-16/h15H,7-12H2,1-6H3. The summed E-state index contributed by atoms with van der Waals surface area (Å²) in [6, 6.07) is 0. The van der Waals surface area contributed by atoms with E-state index in [1.807, 2.05) is 13.8 Å². The molecule has 0 aromatic carbocycles. The Morgan fingerprint density at radius 3 is 2.19 bits per heavy atom. The Balaban J connectivity index is 2.02. The van der Waals surface area contributed by atoms with Crippen molar-refractivity contribution in [1.82, 2.24) is 15.0 Å². The summed E-state index contributed by atoms with van der Waals surface area (Å²) in [4.78, 5) is 13.2. The molecular weight excluding hydrogens is 258 g/mol. The number of aryl methyl sites for hydroxylation is 3. The van der Waals surface area contributed by atoms with E-state index in [1.54, 1.807) is 0 Å². The van der Waals surface area contributed by atoms with E-state index in [2.05, 4.69) is 42.6 Å². The molecule has 1 aromatic rings. The van der Waals surface area contributed by atoms with Gasteiger partial charge in [0.1, 0.15) is 17.5 Å². The van der Waals surface area contributed by atoms with Crippen LogP contribution in [0.15, 0.2) is 0 Å². The third kappa shape index (κ3) is 4.49. The lowest BCUT2D eigenvalue weighted by atomic mass is 9.59. The number of hydrogen-bond donors (Lipinski definition) is 0. The Kier molecular flexibility index (Phi) is 4.69. The normalized spacial score (nSPS) is 28.6. The van der Waals surface area contributed by atoms with E-state index < -0.39 is 0 Å². The second kappa shape index (κ2) is 6.02. The number of aromatic nitrogens is 3. The molecule has 2 unspecified atom stereocenters. The van der Waals surface area contributed by atoms with Crippen LogP contribution < -0.4 is 0 Å². The van der Waals surface area contributed by atoms with Crippen molar-refractivity contribution in [3.05, 3.63) is 17.5 Å². The van der Waals surface area contributed by atoms with E-state index in [0.29, 0.717) is 10.8 Å². The molecule has 0 saturated heterocycles. The van der Waals surface area contributed by atoms with Crippen molar-refractivity contribution in [2.75, 3.05) is 0 Å². The predicted octanol–water partition coefficient (Wildman–Crippen LogP) is 4.66. The first-order chi connectivity index (χ1) is 9.71. The van der Waals surface area contributed by atoms with E-state index >= 15 is 0 Å². The summed E-state index contributed by atoms with van der Waals surface area (Å²) in [6.07, 6.45) is 7.54. The Morgan fingerprint density at radius 1 is 1.00 bits per heavy atom. The van der Waals surface area contributed by atoms with Gasteiger partial charge in [0.15, 0.2) is 0 Å². The molecule has 0 amide bonds. The van der Waals surface area contributed by atoms with Crippen molar-refractivity contribution in [3.8, 4) is 0 Å². The minimum absolute atomic E-state index is 0.471. The van der Waals surface area contributed by atoms with Gasteiger partial charge in [-0.15, -0.1) is 0 Å². The molecular formula is C18H31N3. The van der Waals surface area contributed by atoms with Crippen molar-refractivity contribution in [3.63, 3.8) is 0 Å². The Hall–Kier alpha value is -0.990. The highest BCUT2D eigenvalue weighted by Gasteiger charge is 2.39. The molecule has 1 aliphatic carbocycles. The highest BCUT2D eigenvalue weighted by atomic mass is 15.0. The number of nitrogens with zero attached hydrogens (tertiary/aromatic N) is 3. The van der Waals surface area contributed by atoms with Gasteiger partial charge in [-0.2, -0.15) is 0 Å². The summed E-state index contributed by atoms with van der Waals surface area (Å²) in [7, 11) is 0. The largest absolute Gasteiger partial charge is 0.219 e. The predicted molar refractivity (Wildman–Crippen MR) is 87.1 cm³/mol. The van der Waals surface area contributed by atoms with Crippen LogP contribution in [0.2, 0.25) is 0 Å². The van der Waals surface area contributed by atoms with Crippen LogP contribution in [0.4, 0.5) is 0 Å². The summed E-state index contributed by atoms with van der Waals surface area (Å²) in [6.45, 7) is 13.6. The molecule has 0 radical (unpaired) electrons. The van der Waals surface area contributed by atoms with Crippen molar-refractivity contribution in [2.45, 2.75) is 80.1 Å². The molecule has 2 rings (SSSR count). The van der Waals surface area contributed by atoms with Crippen LogP contribution in [0.5, 0.6) is 0 Å². The number of hydrogen-bond acceptors (Lipinski definition) is 3. The van der Waals surface area contributed by atoms with Gasteiger partial charge in [0.25, 0.3) is 0 Å². The first-order valence-corrected chi connectivity index (χ1v) is 8.39. The van der Waals surface area contributed by atoms with E-state index in [9.17, 15) is 0 Å². The van der Waals surface area contributed by atoms with Gasteiger partial charge in [-0.05, 0) is 56.3 Å². The van der Waals surface area contributed by atoms with Gasteiger partial charge in [-0.25, -0.2) is 15.0 Å². The molecule has 1 aromatic heterocycles. The average molecular weight is 289 g/mol. The first-order valence-electron chi connectivity index (χ1n) is 8.39. The van der Waals surface area contributed by atoms with E-state index in [-0.39, 0.29) is 0 Å². The highest BCUT2D eigenvalue weighted by Crippen LogP contribution is 2.51. The zero-order chi connectivity index (χ0) is 15.7. The average Bonchev–Trinajstić information content (AvgIpc) is 2.33. The summed E-state index contributed by atoms with van der Waals surface area (Å²) in [5.74, 6) is 3.47. The molecule has 1 heterocycles. The fourth-order valence-electron chi connectivity index (χ4n) is 4.45. The van der Waals surface area contributed by atoms with E-state index in [4.69, 9.17) is 0 Å². The lowest BCUT2D eigenvalue weighted by Gasteiger charge is -2.46. The molecule has 1 saturated carbocycles. The third-order valence-electron chi connectivity index (χ3n) is 5.06. The molecule has 0 spiro atoms. The maximum atomic E-state index is 4.49. The second-order valence-corrected chi connectivity index (χ2v) is 8.16. The van der Waals surface area contributed by atoms with Gasteiger partial charge in [-0.3, -0.25) is 0 Å². The van der Waals surface area contributed by atoms with Crippen molar-refractivity contribution in [2.24, 2.45) is 16.7 Å². The molecule has 3 nitrogen and oxygen atoms in total. The second-order valence-electron chi connectivity index (χ2n) is 8.16. The third-order valence-corrected chi connectivity index (χ3v) is 5.06. The topological polar surface area (TPSA) is 38.7 Å². The minimum atomic E-state index is 0.471. The van der Waals surface area contributed by atoms with Gasteiger partial charge in [0.2, 0.25) is 0 Å². The van der Waals surface area contributed by atoms with Crippen molar-refractivity contribution >= 4 is 0 Å². The fourth-order valence-corrected chi connectivity index (χ4v) is 4.45. The molecule has 1 aliphatic rings. The lowest BCUT2D eigenvalue weighted by molar-refractivity contribution is 0.0476. The van der Waals surface area contributed by atoms with Gasteiger partial charge < -0.3 is 0 Å². The molecule has 0 bridgehead atoms. The molecule has 0 N–H and O–H groups in total. The lowest BCUT2D eigenvalue weighted by Crippen LogP contribution is -2.35. The van der Waals surface area contributed by atoms with Crippen LogP contribution in [0.1, 0.15) is 77.3 Å². The van der Waals surface area contributed by atoms with Gasteiger partial charge in [-0.1, -0.05) is 34.1 Å². The molecule has 1 fully saturated rings. The fraction of sp³-hybridized carbons (Fsp3) is 0.833. The smallest absolute Gasteiger partial charge is 0.132 e. The summed E-state index contributed by atoms with van der Waals surface area (Å²) in [5.41, 5.74) is 0.982. The molecule has 118 valence electrons. The quantitative estimate of drug-likeness (QED) is 0.809. The van der Waals surface area contributed by atoms with Gasteiger partial charge in [0, 0.05) is 6.42 Å². The Bertz CT molecular complexity index is 475. The summed E-state index contributed by atoms with van der Waals surface area (Å²) >= 11 is 0. The van der Waals surface area contributed by atoms with E-state index in [1.165, 1.54) is 32.1 Å². The van der Waals surface area contributed by atoms with Crippen LogP contribution in [0.25, 0.3) is 0 Å². The molecule has 21 heavy (non-hydrogen) atoms. The maximum Gasteiger partial charge on any atom is 0.132 e. The van der Waals surface area contributed by atoms with Gasteiger partial charge in [0.05, 0.1) is 0 Å².